The molecule has 0 radical (unpaired) electrons. The Balaban J connectivity index is 1.59. The fraction of sp³-hybridized carbons (Fsp3) is 0.273. The lowest BCUT2D eigenvalue weighted by molar-refractivity contribution is -0.129. The number of aliphatic hydroxyl groups is 1. The van der Waals surface area contributed by atoms with Crippen LogP contribution in [0.1, 0.15) is 11.5 Å². The number of thiophene rings is 1. The number of carbonyl (C=O) groups is 2. The average molecular weight is 461 g/mol. The molecule has 168 valence electrons. The van der Waals surface area contributed by atoms with Gasteiger partial charge in [0, 0.05) is 41.4 Å². The molecule has 3 N–H and O–H groups in total. The molecule has 0 spiro atoms. The molecule has 1 aromatic heterocycles. The summed E-state index contributed by atoms with van der Waals surface area (Å²) in [5, 5.41) is 16.0. The van der Waals surface area contributed by atoms with Gasteiger partial charge in [0.2, 0.25) is 5.91 Å². The van der Waals surface area contributed by atoms with Crippen molar-refractivity contribution in [3.8, 4) is 5.75 Å². The molecule has 1 fully saturated rings. The van der Waals surface area contributed by atoms with Crippen LogP contribution in [0.5, 0.6) is 5.75 Å². The van der Waals surface area contributed by atoms with Crippen molar-refractivity contribution in [3.05, 3.63) is 59.7 Å². The third kappa shape index (κ3) is 4.23. The second-order valence-electron chi connectivity index (χ2n) is 7.34. The summed E-state index contributed by atoms with van der Waals surface area (Å²) >= 11 is 1.36. The number of urea groups is 1. The van der Waals surface area contributed by atoms with Crippen LogP contribution in [0, 0.1) is 11.6 Å². The Morgan fingerprint density at radius 1 is 1.25 bits per heavy atom. The molecule has 4 rings (SSSR count). The van der Waals surface area contributed by atoms with Gasteiger partial charge in [0.1, 0.15) is 23.4 Å². The number of halogens is 2. The quantitative estimate of drug-likeness (QED) is 0.526. The lowest BCUT2D eigenvalue weighted by atomic mass is 9.93. The van der Waals surface area contributed by atoms with Gasteiger partial charge in [-0.15, -0.1) is 11.3 Å². The minimum absolute atomic E-state index is 0.00676. The maximum Gasteiger partial charge on any atom is 0.320 e. The average Bonchev–Trinajstić information content (AvgIpc) is 3.29. The number of fused-ring (bicyclic) bond motifs is 1. The standard InChI is InChI=1S/C22H21F2N3O4S/c1-31-13-9-15(23)19(16(24)10-13)14-11-27(6-7-28)21(29)20(14)26-22(30)25-18-8-12-4-2-3-5-17(12)32-18/h2-5,8-10,14,20,28H,6-7,11H2,1H3,(H2,25,26,30)/t14-,20?/m0/s1. The van der Waals surface area contributed by atoms with Crippen LogP contribution in [0.25, 0.3) is 10.1 Å². The molecule has 1 saturated heterocycles. The van der Waals surface area contributed by atoms with Crippen LogP contribution in [0.15, 0.2) is 42.5 Å². The molecular formula is C22H21F2N3O4S. The molecule has 2 heterocycles. The van der Waals surface area contributed by atoms with E-state index in [1.807, 2.05) is 24.3 Å². The molecule has 1 aliphatic rings. The van der Waals surface area contributed by atoms with Crippen molar-refractivity contribution in [2.75, 3.05) is 32.1 Å². The third-order valence-electron chi connectivity index (χ3n) is 5.38. The number of likely N-dealkylation sites (tertiary alicyclic amines) is 1. The van der Waals surface area contributed by atoms with Crippen LogP contribution < -0.4 is 15.4 Å². The van der Waals surface area contributed by atoms with Gasteiger partial charge in [0.05, 0.1) is 18.7 Å². The number of anilines is 1. The van der Waals surface area contributed by atoms with Crippen LogP contribution in [-0.2, 0) is 4.79 Å². The number of methoxy groups -OCH3 is 1. The summed E-state index contributed by atoms with van der Waals surface area (Å²) in [5.41, 5.74) is -0.313. The fourth-order valence-corrected chi connectivity index (χ4v) is 4.87. The summed E-state index contributed by atoms with van der Waals surface area (Å²) in [7, 11) is 1.29. The molecule has 1 aliphatic heterocycles. The van der Waals surface area contributed by atoms with Crippen molar-refractivity contribution in [3.63, 3.8) is 0 Å². The Morgan fingerprint density at radius 3 is 2.62 bits per heavy atom. The number of nitrogens with one attached hydrogen (secondary N) is 2. The first kappa shape index (κ1) is 22.0. The number of rotatable bonds is 6. The van der Waals surface area contributed by atoms with Gasteiger partial charge in [-0.2, -0.15) is 0 Å². The number of amides is 3. The van der Waals surface area contributed by atoms with Gasteiger partial charge in [-0.1, -0.05) is 18.2 Å². The Bertz CT molecular complexity index is 1110. The first-order chi connectivity index (χ1) is 15.4. The molecule has 0 bridgehead atoms. The molecule has 10 heteroatoms. The zero-order valence-electron chi connectivity index (χ0n) is 17.1. The molecule has 2 aromatic carbocycles. The molecule has 0 aliphatic carbocycles. The maximum atomic E-state index is 14.7. The van der Waals surface area contributed by atoms with E-state index in [4.69, 9.17) is 4.74 Å². The molecule has 7 nitrogen and oxygen atoms in total. The topological polar surface area (TPSA) is 90.9 Å². The van der Waals surface area contributed by atoms with Crippen molar-refractivity contribution < 1.29 is 28.2 Å². The SMILES string of the molecule is COc1cc(F)c([C@@H]2CN(CCO)C(=O)C2NC(=O)Nc2cc3ccccc3s2)c(F)c1. The second kappa shape index (κ2) is 9.09. The Morgan fingerprint density at radius 2 is 1.97 bits per heavy atom. The van der Waals surface area contributed by atoms with Crippen LogP contribution >= 0.6 is 11.3 Å². The van der Waals surface area contributed by atoms with Crippen molar-refractivity contribution in [2.24, 2.45) is 0 Å². The number of ether oxygens (including phenoxy) is 1. The number of hydrogen-bond acceptors (Lipinski definition) is 5. The second-order valence-corrected chi connectivity index (χ2v) is 8.43. The zero-order chi connectivity index (χ0) is 22.8. The fourth-order valence-electron chi connectivity index (χ4n) is 3.91. The van der Waals surface area contributed by atoms with Crippen LogP contribution in [0.3, 0.4) is 0 Å². The van der Waals surface area contributed by atoms with E-state index in [0.29, 0.717) is 5.00 Å². The highest BCUT2D eigenvalue weighted by atomic mass is 32.1. The van der Waals surface area contributed by atoms with Crippen molar-refractivity contribution in [1.82, 2.24) is 10.2 Å². The van der Waals surface area contributed by atoms with Crippen LogP contribution in [0.4, 0.5) is 18.6 Å². The minimum atomic E-state index is -1.20. The zero-order valence-corrected chi connectivity index (χ0v) is 17.9. The van der Waals surface area contributed by atoms with Crippen LogP contribution in [0.2, 0.25) is 0 Å². The van der Waals surface area contributed by atoms with E-state index in [9.17, 15) is 23.5 Å². The summed E-state index contributed by atoms with van der Waals surface area (Å²) in [4.78, 5) is 26.8. The van der Waals surface area contributed by atoms with Gasteiger partial charge in [0.15, 0.2) is 0 Å². The van der Waals surface area contributed by atoms with E-state index in [2.05, 4.69) is 10.6 Å². The van der Waals surface area contributed by atoms with Crippen LogP contribution in [-0.4, -0.2) is 54.8 Å². The van der Waals surface area contributed by atoms with E-state index in [0.717, 1.165) is 22.2 Å². The predicted molar refractivity (Wildman–Crippen MR) is 117 cm³/mol. The smallest absolute Gasteiger partial charge is 0.320 e. The number of carbonyl (C=O) groups excluding carboxylic acids is 2. The number of β-amino-alcohol motifs (C(OH)–C–C–N with tert-alkyl or cyclic N) is 1. The monoisotopic (exact) mass is 461 g/mol. The van der Waals surface area contributed by atoms with Gasteiger partial charge in [-0.25, -0.2) is 13.6 Å². The summed E-state index contributed by atoms with van der Waals surface area (Å²) in [6.45, 7) is -0.370. The Kier molecular flexibility index (Phi) is 6.24. The molecule has 0 saturated carbocycles. The van der Waals surface area contributed by atoms with Crippen molar-refractivity contribution in [1.29, 1.82) is 0 Å². The number of benzene rings is 2. The van der Waals surface area contributed by atoms with E-state index in [1.165, 1.54) is 23.3 Å². The van der Waals surface area contributed by atoms with Crippen molar-refractivity contribution in [2.45, 2.75) is 12.0 Å². The third-order valence-corrected chi connectivity index (χ3v) is 6.41. The van der Waals surface area contributed by atoms with E-state index in [1.54, 1.807) is 6.07 Å². The normalized spacial score (nSPS) is 18.2. The van der Waals surface area contributed by atoms with Gasteiger partial charge in [-0.05, 0) is 17.5 Å². The molecule has 2 atom stereocenters. The highest BCUT2D eigenvalue weighted by Gasteiger charge is 2.44. The Labute approximate surface area is 186 Å². The molecule has 3 amide bonds. The van der Waals surface area contributed by atoms with E-state index >= 15 is 0 Å². The number of hydrogen-bond donors (Lipinski definition) is 3. The maximum absolute atomic E-state index is 14.7. The Hall–Kier alpha value is -3.24. The summed E-state index contributed by atoms with van der Waals surface area (Å²) in [6.07, 6.45) is 0. The molecule has 32 heavy (non-hydrogen) atoms. The molecular weight excluding hydrogens is 440 g/mol. The summed E-state index contributed by atoms with van der Waals surface area (Å²) < 4.78 is 35.3. The lowest BCUT2D eigenvalue weighted by Gasteiger charge is -2.20. The van der Waals surface area contributed by atoms with Gasteiger partial charge in [0.25, 0.3) is 0 Å². The van der Waals surface area contributed by atoms with Gasteiger partial charge >= 0.3 is 6.03 Å². The van der Waals surface area contributed by atoms with Gasteiger partial charge in [-0.3, -0.25) is 10.1 Å². The highest BCUT2D eigenvalue weighted by molar-refractivity contribution is 7.22. The first-order valence-corrected chi connectivity index (χ1v) is 10.7. The lowest BCUT2D eigenvalue weighted by Crippen LogP contribution is -2.45. The highest BCUT2D eigenvalue weighted by Crippen LogP contribution is 2.34. The summed E-state index contributed by atoms with van der Waals surface area (Å²) in [5.74, 6) is -3.24. The number of aliphatic hydroxyl groups excluding tert-OH is 1. The van der Waals surface area contributed by atoms with Crippen molar-refractivity contribution >= 4 is 38.4 Å². The molecule has 3 aromatic rings. The largest absolute Gasteiger partial charge is 0.497 e. The minimum Gasteiger partial charge on any atom is -0.497 e. The van der Waals surface area contributed by atoms with E-state index < -0.39 is 35.5 Å². The van der Waals surface area contributed by atoms with E-state index in [-0.39, 0.29) is 31.0 Å². The predicted octanol–water partition coefficient (Wildman–Crippen LogP) is 3.30. The molecule has 1 unspecified atom stereocenters. The summed E-state index contributed by atoms with van der Waals surface area (Å²) in [6, 6.07) is 9.60. The van der Waals surface area contributed by atoms with Gasteiger partial charge < -0.3 is 20.1 Å². The number of nitrogens with zero attached hydrogens (tertiary/aromatic N) is 1. The first-order valence-electron chi connectivity index (χ1n) is 9.90.